The van der Waals surface area contributed by atoms with E-state index in [4.69, 9.17) is 9.47 Å². The molecule has 2 heterocycles. The number of nitrogens with zero attached hydrogens (tertiary/aromatic N) is 1. The predicted octanol–water partition coefficient (Wildman–Crippen LogP) is 1.29. The van der Waals surface area contributed by atoms with Crippen LogP contribution in [0.25, 0.3) is 0 Å². The lowest BCUT2D eigenvalue weighted by Crippen LogP contribution is -2.54. The third kappa shape index (κ3) is 2.09. The van der Waals surface area contributed by atoms with Crippen LogP contribution in [0.1, 0.15) is 13.3 Å². The maximum atomic E-state index is 11.9. The summed E-state index contributed by atoms with van der Waals surface area (Å²) in [5.74, 6) is 1.06. The number of hydrogen-bond acceptors (Lipinski definition) is 4. The van der Waals surface area contributed by atoms with Crippen molar-refractivity contribution >= 4 is 17.6 Å². The molecule has 1 aromatic carbocycles. The van der Waals surface area contributed by atoms with Gasteiger partial charge in [0, 0.05) is 24.2 Å². The van der Waals surface area contributed by atoms with Crippen molar-refractivity contribution in [3.63, 3.8) is 0 Å². The summed E-state index contributed by atoms with van der Waals surface area (Å²) in [4.78, 5) is 24.8. The second kappa shape index (κ2) is 4.46. The summed E-state index contributed by atoms with van der Waals surface area (Å²) in [5, 5.41) is 2.31. The van der Waals surface area contributed by atoms with Crippen molar-refractivity contribution in [2.75, 3.05) is 18.1 Å². The van der Waals surface area contributed by atoms with Gasteiger partial charge in [-0.3, -0.25) is 15.0 Å². The van der Waals surface area contributed by atoms with Gasteiger partial charge in [0.2, 0.25) is 5.91 Å². The lowest BCUT2D eigenvalue weighted by atomic mass is 10.1. The first-order valence-electron chi connectivity index (χ1n) is 6.18. The van der Waals surface area contributed by atoms with Gasteiger partial charge in [-0.2, -0.15) is 0 Å². The zero-order valence-corrected chi connectivity index (χ0v) is 10.5. The van der Waals surface area contributed by atoms with Gasteiger partial charge < -0.3 is 9.47 Å². The molecule has 0 bridgehead atoms. The van der Waals surface area contributed by atoms with E-state index in [-0.39, 0.29) is 11.9 Å². The number of nitrogens with one attached hydrogen (secondary N) is 1. The average molecular weight is 262 g/mol. The molecule has 100 valence electrons. The molecule has 1 fully saturated rings. The molecular formula is C13H14N2O4. The van der Waals surface area contributed by atoms with Crippen LogP contribution in [0.4, 0.5) is 10.5 Å². The monoisotopic (exact) mass is 262 g/mol. The number of urea groups is 1. The Labute approximate surface area is 110 Å². The number of anilines is 1. The summed E-state index contributed by atoms with van der Waals surface area (Å²) in [5.41, 5.74) is 0.696. The largest absolute Gasteiger partial charge is 0.486 e. The highest BCUT2D eigenvalue weighted by atomic mass is 16.6. The molecule has 0 saturated carbocycles. The first kappa shape index (κ1) is 11.8. The Morgan fingerprint density at radius 2 is 1.95 bits per heavy atom. The van der Waals surface area contributed by atoms with E-state index < -0.39 is 6.03 Å². The van der Waals surface area contributed by atoms with Crippen molar-refractivity contribution in [2.24, 2.45) is 0 Å². The van der Waals surface area contributed by atoms with Gasteiger partial charge >= 0.3 is 6.03 Å². The summed E-state index contributed by atoms with van der Waals surface area (Å²) in [7, 11) is 0. The molecule has 3 amide bonds. The van der Waals surface area contributed by atoms with E-state index in [1.54, 1.807) is 23.1 Å². The molecule has 2 aliphatic heterocycles. The lowest BCUT2D eigenvalue weighted by Gasteiger charge is -2.33. The van der Waals surface area contributed by atoms with Gasteiger partial charge in [0.1, 0.15) is 13.2 Å². The van der Waals surface area contributed by atoms with Gasteiger partial charge in [-0.15, -0.1) is 0 Å². The number of carbonyl (C=O) groups excluding carboxylic acids is 2. The smallest absolute Gasteiger partial charge is 0.328 e. The maximum absolute atomic E-state index is 11.9. The van der Waals surface area contributed by atoms with E-state index in [9.17, 15) is 9.59 Å². The van der Waals surface area contributed by atoms with E-state index >= 15 is 0 Å². The highest BCUT2D eigenvalue weighted by Gasteiger charge is 2.31. The third-order valence-electron chi connectivity index (χ3n) is 3.19. The SMILES string of the molecule is CC1CC(=O)NC(=O)N1c1ccc2c(c1)OCCO2. The fourth-order valence-electron chi connectivity index (χ4n) is 2.34. The zero-order chi connectivity index (χ0) is 13.4. The number of ether oxygens (including phenoxy) is 2. The summed E-state index contributed by atoms with van der Waals surface area (Å²) < 4.78 is 10.9. The van der Waals surface area contributed by atoms with Crippen molar-refractivity contribution in [1.82, 2.24) is 5.32 Å². The second-order valence-corrected chi connectivity index (χ2v) is 4.60. The number of amides is 3. The summed E-state index contributed by atoms with van der Waals surface area (Å²) in [6.07, 6.45) is 0.292. The summed E-state index contributed by atoms with van der Waals surface area (Å²) in [6, 6.07) is 4.75. The number of hydrogen-bond donors (Lipinski definition) is 1. The molecular weight excluding hydrogens is 248 g/mol. The fraction of sp³-hybridized carbons (Fsp3) is 0.385. The van der Waals surface area contributed by atoms with Crippen molar-refractivity contribution < 1.29 is 19.1 Å². The van der Waals surface area contributed by atoms with Crippen LogP contribution in [0, 0.1) is 0 Å². The van der Waals surface area contributed by atoms with Crippen LogP contribution in [0.2, 0.25) is 0 Å². The number of benzene rings is 1. The van der Waals surface area contributed by atoms with E-state index in [1.807, 2.05) is 6.92 Å². The number of rotatable bonds is 1. The molecule has 1 N–H and O–H groups in total. The van der Waals surface area contributed by atoms with Gasteiger partial charge in [0.15, 0.2) is 11.5 Å². The Kier molecular flexibility index (Phi) is 2.77. The topological polar surface area (TPSA) is 67.9 Å². The van der Waals surface area contributed by atoms with Gasteiger partial charge in [-0.05, 0) is 19.1 Å². The normalized spacial score (nSPS) is 22.2. The van der Waals surface area contributed by atoms with Crippen LogP contribution in [0.5, 0.6) is 11.5 Å². The Bertz CT molecular complexity index is 543. The van der Waals surface area contributed by atoms with E-state index in [1.165, 1.54) is 0 Å². The van der Waals surface area contributed by atoms with Crippen molar-refractivity contribution in [3.8, 4) is 11.5 Å². The van der Waals surface area contributed by atoms with Crippen LogP contribution in [0.3, 0.4) is 0 Å². The molecule has 3 rings (SSSR count). The Morgan fingerprint density at radius 1 is 1.21 bits per heavy atom. The Morgan fingerprint density at radius 3 is 2.68 bits per heavy atom. The minimum absolute atomic E-state index is 0.177. The summed E-state index contributed by atoms with van der Waals surface area (Å²) >= 11 is 0. The van der Waals surface area contributed by atoms with E-state index in [0.29, 0.717) is 36.8 Å². The Balaban J connectivity index is 1.93. The number of fused-ring (bicyclic) bond motifs is 1. The van der Waals surface area contributed by atoms with Crippen molar-refractivity contribution in [3.05, 3.63) is 18.2 Å². The van der Waals surface area contributed by atoms with Gasteiger partial charge in [0.05, 0.1) is 0 Å². The van der Waals surface area contributed by atoms with Crippen LogP contribution in [-0.2, 0) is 4.79 Å². The van der Waals surface area contributed by atoms with Crippen LogP contribution < -0.4 is 19.7 Å². The quantitative estimate of drug-likeness (QED) is 0.828. The first-order valence-corrected chi connectivity index (χ1v) is 6.18. The van der Waals surface area contributed by atoms with E-state index in [0.717, 1.165) is 0 Å². The van der Waals surface area contributed by atoms with E-state index in [2.05, 4.69) is 5.32 Å². The molecule has 0 aromatic heterocycles. The average Bonchev–Trinajstić information content (AvgIpc) is 2.37. The van der Waals surface area contributed by atoms with Crippen LogP contribution in [0.15, 0.2) is 18.2 Å². The zero-order valence-electron chi connectivity index (χ0n) is 10.5. The summed E-state index contributed by atoms with van der Waals surface area (Å²) in [6.45, 7) is 2.87. The van der Waals surface area contributed by atoms with Crippen molar-refractivity contribution in [1.29, 1.82) is 0 Å². The molecule has 0 radical (unpaired) electrons. The molecule has 1 saturated heterocycles. The standard InChI is InChI=1S/C13H14N2O4/c1-8-6-12(16)14-13(17)15(8)9-2-3-10-11(7-9)19-5-4-18-10/h2-3,7-8H,4-6H2,1H3,(H,14,16,17). The highest BCUT2D eigenvalue weighted by molar-refractivity contribution is 6.06. The van der Waals surface area contributed by atoms with Crippen LogP contribution >= 0.6 is 0 Å². The highest BCUT2D eigenvalue weighted by Crippen LogP contribution is 2.35. The minimum Gasteiger partial charge on any atom is -0.486 e. The molecule has 1 atom stereocenters. The van der Waals surface area contributed by atoms with Crippen LogP contribution in [-0.4, -0.2) is 31.2 Å². The maximum Gasteiger partial charge on any atom is 0.328 e. The molecule has 6 heteroatoms. The number of imide groups is 1. The van der Waals surface area contributed by atoms with Gasteiger partial charge in [0.25, 0.3) is 0 Å². The second-order valence-electron chi connectivity index (χ2n) is 4.60. The molecule has 6 nitrogen and oxygen atoms in total. The third-order valence-corrected chi connectivity index (χ3v) is 3.19. The molecule has 2 aliphatic rings. The molecule has 0 spiro atoms. The first-order chi connectivity index (χ1) is 9.15. The number of carbonyl (C=O) groups is 2. The predicted molar refractivity (Wildman–Crippen MR) is 67.5 cm³/mol. The Hall–Kier alpha value is -2.24. The van der Waals surface area contributed by atoms with Gasteiger partial charge in [-0.1, -0.05) is 0 Å². The molecule has 19 heavy (non-hydrogen) atoms. The minimum atomic E-state index is -0.402. The molecule has 1 aromatic rings. The van der Waals surface area contributed by atoms with Gasteiger partial charge in [-0.25, -0.2) is 4.79 Å². The fourth-order valence-corrected chi connectivity index (χ4v) is 2.34. The molecule has 1 unspecified atom stereocenters. The van der Waals surface area contributed by atoms with Crippen molar-refractivity contribution in [2.45, 2.75) is 19.4 Å². The molecule has 0 aliphatic carbocycles. The lowest BCUT2D eigenvalue weighted by molar-refractivity contribution is -0.120.